The lowest BCUT2D eigenvalue weighted by molar-refractivity contribution is -0.134. The van der Waals surface area contributed by atoms with Gasteiger partial charge in [0, 0.05) is 42.3 Å². The van der Waals surface area contributed by atoms with Gasteiger partial charge in [0.05, 0.1) is 42.0 Å². The Morgan fingerprint density at radius 2 is 2.24 bits per heavy atom. The fraction of sp³-hybridized carbons (Fsp3) is 0.296. The molecule has 5 rings (SSSR count). The number of carbonyl (C=O) groups is 2. The summed E-state index contributed by atoms with van der Waals surface area (Å²) in [5.74, 6) is -0.264. The lowest BCUT2D eigenvalue weighted by atomic mass is 10.0. The van der Waals surface area contributed by atoms with Crippen LogP contribution in [-0.2, 0) is 11.2 Å². The van der Waals surface area contributed by atoms with E-state index in [1.807, 2.05) is 0 Å². The number of allylic oxidation sites excluding steroid dienone is 1. The molecule has 3 aromatic rings. The minimum atomic E-state index is -0.522. The van der Waals surface area contributed by atoms with Crippen molar-refractivity contribution in [2.45, 2.75) is 18.9 Å². The third-order valence-corrected chi connectivity index (χ3v) is 7.03. The summed E-state index contributed by atoms with van der Waals surface area (Å²) < 4.78 is 25.9. The van der Waals surface area contributed by atoms with E-state index in [4.69, 9.17) is 9.47 Å². The van der Waals surface area contributed by atoms with E-state index >= 15 is 0 Å². The molecule has 11 heteroatoms. The summed E-state index contributed by atoms with van der Waals surface area (Å²) in [6, 6.07) is 6.30. The monoisotopic (exact) mass is 583 g/mol. The van der Waals surface area contributed by atoms with Gasteiger partial charge in [0.15, 0.2) is 11.6 Å². The number of nitrogens with one attached hydrogen (secondary N) is 3. The summed E-state index contributed by atoms with van der Waals surface area (Å²) in [5.41, 5.74) is 3.37. The molecular weight excluding hydrogens is 557 g/mol. The van der Waals surface area contributed by atoms with E-state index in [9.17, 15) is 14.0 Å². The number of halogens is 2. The minimum absolute atomic E-state index is 0.0412. The molecular formula is C27H27BrFN5O4. The number of alkyl halides is 1. The smallest absolute Gasteiger partial charge is 0.255 e. The highest BCUT2D eigenvalue weighted by Crippen LogP contribution is 2.42. The number of H-pyrrole nitrogens is 1. The predicted octanol–water partition coefficient (Wildman–Crippen LogP) is 4.18. The number of nitrogens with zero attached hydrogens (tertiary/aromatic N) is 2. The Hall–Kier alpha value is -3.86. The van der Waals surface area contributed by atoms with Gasteiger partial charge in [0.1, 0.15) is 12.4 Å². The van der Waals surface area contributed by atoms with Gasteiger partial charge in [0.25, 0.3) is 5.91 Å². The van der Waals surface area contributed by atoms with Crippen molar-refractivity contribution >= 4 is 39.1 Å². The van der Waals surface area contributed by atoms with Crippen molar-refractivity contribution in [3.63, 3.8) is 0 Å². The summed E-state index contributed by atoms with van der Waals surface area (Å²) in [7, 11) is 1.39. The molecule has 1 atom stereocenters. The average Bonchev–Trinajstić information content (AvgIpc) is 3.26. The lowest BCUT2D eigenvalue weighted by Gasteiger charge is -2.40. The van der Waals surface area contributed by atoms with Crippen LogP contribution < -0.4 is 20.1 Å². The topological polar surface area (TPSA) is 109 Å². The van der Waals surface area contributed by atoms with E-state index in [0.717, 1.165) is 12.1 Å². The number of rotatable bonds is 9. The van der Waals surface area contributed by atoms with Crippen molar-refractivity contribution in [2.24, 2.45) is 0 Å². The first-order valence-electron chi connectivity index (χ1n) is 12.2. The van der Waals surface area contributed by atoms with Gasteiger partial charge < -0.3 is 30.0 Å². The van der Waals surface area contributed by atoms with Crippen LogP contribution in [0.5, 0.6) is 11.5 Å². The second-order valence-corrected chi connectivity index (χ2v) is 9.54. The molecule has 1 fully saturated rings. The van der Waals surface area contributed by atoms with Gasteiger partial charge in [-0.1, -0.05) is 28.1 Å². The Labute approximate surface area is 227 Å². The highest BCUT2D eigenvalue weighted by atomic mass is 79.9. The maximum Gasteiger partial charge on any atom is 0.255 e. The highest BCUT2D eigenvalue weighted by molar-refractivity contribution is 9.09. The molecule has 0 spiro atoms. The van der Waals surface area contributed by atoms with E-state index in [1.165, 1.54) is 13.2 Å². The van der Waals surface area contributed by atoms with Gasteiger partial charge in [-0.15, -0.1) is 0 Å². The lowest BCUT2D eigenvalue weighted by Crippen LogP contribution is -2.53. The van der Waals surface area contributed by atoms with Crippen molar-refractivity contribution in [1.29, 1.82) is 0 Å². The fourth-order valence-corrected chi connectivity index (χ4v) is 4.88. The number of carbonyl (C=O) groups excluding carboxylic acids is 2. The molecule has 9 nitrogen and oxygen atoms in total. The number of pyridine rings is 1. The number of amides is 2. The van der Waals surface area contributed by atoms with Crippen LogP contribution in [0.25, 0.3) is 11.3 Å². The molecule has 0 saturated carbocycles. The number of para-hydroxylation sites is 1. The second kappa shape index (κ2) is 11.3. The Morgan fingerprint density at radius 1 is 1.37 bits per heavy atom. The Morgan fingerprint density at radius 3 is 3.00 bits per heavy atom. The van der Waals surface area contributed by atoms with Crippen molar-refractivity contribution in [1.82, 2.24) is 20.2 Å². The first-order chi connectivity index (χ1) is 18.5. The van der Waals surface area contributed by atoms with Crippen LogP contribution in [0.3, 0.4) is 0 Å². The van der Waals surface area contributed by atoms with Gasteiger partial charge in [0.2, 0.25) is 5.91 Å². The molecule has 198 valence electrons. The molecule has 2 aliphatic rings. The average molecular weight is 584 g/mol. The molecule has 2 amide bonds. The van der Waals surface area contributed by atoms with Crippen LogP contribution in [0.4, 0.5) is 15.8 Å². The van der Waals surface area contributed by atoms with Gasteiger partial charge in [-0.25, -0.2) is 4.39 Å². The number of hydrogen-bond acceptors (Lipinski definition) is 6. The molecule has 0 radical (unpaired) electrons. The third-order valence-electron chi connectivity index (χ3n) is 6.66. The van der Waals surface area contributed by atoms with Gasteiger partial charge in [-0.2, -0.15) is 0 Å². The van der Waals surface area contributed by atoms with Crippen LogP contribution in [0.15, 0.2) is 48.8 Å². The van der Waals surface area contributed by atoms with E-state index in [0.29, 0.717) is 65.4 Å². The van der Waals surface area contributed by atoms with Crippen LogP contribution in [0.1, 0.15) is 22.5 Å². The number of likely N-dealkylation sites (tertiary alicyclic amines) is 1. The zero-order valence-corrected chi connectivity index (χ0v) is 22.3. The standard InChI is InChI=1S/C27H27BrFN5O4/c1-37-26-18(29)4-2-5-20(26)33-25-23-19(8-12-31-27(23)36)32-24(25)17-7-11-30-14-21(17)38-15-16-9-13-34(16)22(35)6-3-10-28/h2-7,11,14,16,32-33H,8-10,12-13,15H2,1H3,(H,31,36)/b6-3+. The molecule has 2 aromatic heterocycles. The predicted molar refractivity (Wildman–Crippen MR) is 145 cm³/mol. The number of anilines is 2. The molecule has 1 aromatic carbocycles. The molecule has 0 aliphatic carbocycles. The fourth-order valence-electron chi connectivity index (χ4n) is 4.69. The van der Waals surface area contributed by atoms with Crippen molar-refractivity contribution < 1.29 is 23.5 Å². The van der Waals surface area contributed by atoms with E-state index in [2.05, 4.69) is 36.5 Å². The molecule has 0 bridgehead atoms. The van der Waals surface area contributed by atoms with Crippen LogP contribution in [0, 0.1) is 5.82 Å². The molecule has 4 heterocycles. The Kier molecular flexibility index (Phi) is 7.64. The molecule has 3 N–H and O–H groups in total. The Balaban J connectivity index is 1.48. The highest BCUT2D eigenvalue weighted by Gasteiger charge is 2.32. The first kappa shape index (κ1) is 25.8. The maximum atomic E-state index is 14.4. The maximum absolute atomic E-state index is 14.4. The number of aromatic amines is 1. The minimum Gasteiger partial charge on any atom is -0.492 e. The number of fused-ring (bicyclic) bond motifs is 1. The normalized spacial score (nSPS) is 16.6. The summed E-state index contributed by atoms with van der Waals surface area (Å²) >= 11 is 3.29. The van der Waals surface area contributed by atoms with Crippen LogP contribution in [0.2, 0.25) is 0 Å². The largest absolute Gasteiger partial charge is 0.492 e. The molecule has 1 unspecified atom stereocenters. The van der Waals surface area contributed by atoms with Gasteiger partial charge >= 0.3 is 0 Å². The van der Waals surface area contributed by atoms with E-state index < -0.39 is 5.82 Å². The van der Waals surface area contributed by atoms with Crippen molar-refractivity contribution in [3.8, 4) is 22.8 Å². The number of benzene rings is 1. The summed E-state index contributed by atoms with van der Waals surface area (Å²) in [6.45, 7) is 1.48. The number of ether oxygens (including phenoxy) is 2. The molecule has 2 aliphatic heterocycles. The van der Waals surface area contributed by atoms with Gasteiger partial charge in [-0.3, -0.25) is 14.6 Å². The van der Waals surface area contributed by atoms with Crippen LogP contribution >= 0.6 is 15.9 Å². The Bertz CT molecular complexity index is 1390. The quantitative estimate of drug-likeness (QED) is 0.257. The number of methoxy groups -OCH3 is 1. The molecule has 38 heavy (non-hydrogen) atoms. The van der Waals surface area contributed by atoms with Gasteiger partial charge in [-0.05, 0) is 30.7 Å². The third kappa shape index (κ3) is 4.98. The van der Waals surface area contributed by atoms with E-state index in [-0.39, 0.29) is 23.6 Å². The van der Waals surface area contributed by atoms with Crippen molar-refractivity contribution in [2.75, 3.05) is 37.5 Å². The summed E-state index contributed by atoms with van der Waals surface area (Å²) in [4.78, 5) is 34.7. The zero-order valence-electron chi connectivity index (χ0n) is 20.7. The van der Waals surface area contributed by atoms with E-state index in [1.54, 1.807) is 47.6 Å². The van der Waals surface area contributed by atoms with Crippen LogP contribution in [-0.4, -0.2) is 64.9 Å². The van der Waals surface area contributed by atoms with Crippen molar-refractivity contribution in [3.05, 3.63) is 65.9 Å². The number of aromatic nitrogens is 2. The molecule has 1 saturated heterocycles. The summed E-state index contributed by atoms with van der Waals surface area (Å²) in [6.07, 6.45) is 8.02. The first-order valence-corrected chi connectivity index (χ1v) is 13.4. The summed E-state index contributed by atoms with van der Waals surface area (Å²) in [5, 5.41) is 6.72. The zero-order chi connectivity index (χ0) is 26.6. The SMILES string of the molecule is COc1c(F)cccc1Nc1c(-c2ccncc2OCC2CCN2C(=O)/C=C/CBr)[nH]c2c1C(=O)NCC2. The second-order valence-electron chi connectivity index (χ2n) is 8.89. The number of hydrogen-bond donors (Lipinski definition) is 3.